The summed E-state index contributed by atoms with van der Waals surface area (Å²) in [5, 5.41) is 20.5. The molecule has 3 rings (SSSR count). The van der Waals surface area contributed by atoms with Crippen molar-refractivity contribution < 1.29 is 24.4 Å². The number of aliphatic carboxylic acids is 1. The predicted molar refractivity (Wildman–Crippen MR) is 82.9 cm³/mol. The Hall–Kier alpha value is -2.64. The third-order valence-corrected chi connectivity index (χ3v) is 4.82. The molecule has 128 valence electrons. The number of hydrogen-bond acceptors (Lipinski definition) is 5. The summed E-state index contributed by atoms with van der Waals surface area (Å²) in [6.07, 6.45) is 2.01. The van der Waals surface area contributed by atoms with Crippen LogP contribution in [0.25, 0.3) is 0 Å². The van der Waals surface area contributed by atoms with Gasteiger partial charge in [-0.3, -0.25) is 19.7 Å². The third-order valence-electron chi connectivity index (χ3n) is 4.82. The van der Waals surface area contributed by atoms with Crippen molar-refractivity contribution in [3.05, 3.63) is 33.9 Å². The predicted octanol–water partition coefficient (Wildman–Crippen LogP) is 1.79. The molecule has 0 spiro atoms. The van der Waals surface area contributed by atoms with E-state index >= 15 is 0 Å². The van der Waals surface area contributed by atoms with E-state index in [1.165, 1.54) is 30.2 Å². The summed E-state index contributed by atoms with van der Waals surface area (Å²) < 4.78 is 4.93. The number of carboxylic acids is 1. The molecule has 24 heavy (non-hydrogen) atoms. The molecule has 1 aromatic rings. The second-order valence-electron chi connectivity index (χ2n) is 6.30. The maximum absolute atomic E-state index is 12.6. The van der Waals surface area contributed by atoms with Gasteiger partial charge in [-0.05, 0) is 36.8 Å². The van der Waals surface area contributed by atoms with E-state index in [9.17, 15) is 24.8 Å². The fourth-order valence-electron chi connectivity index (χ4n) is 3.41. The number of carbonyl (C=O) groups excluding carboxylic acids is 1. The second-order valence-corrected chi connectivity index (χ2v) is 6.30. The van der Waals surface area contributed by atoms with Gasteiger partial charge in [0.2, 0.25) is 0 Å². The molecule has 1 aromatic carbocycles. The quantitative estimate of drug-likeness (QED) is 0.649. The first-order chi connectivity index (χ1) is 11.4. The first-order valence-electron chi connectivity index (χ1n) is 7.77. The van der Waals surface area contributed by atoms with Gasteiger partial charge in [-0.15, -0.1) is 0 Å². The molecule has 0 aromatic heterocycles. The summed E-state index contributed by atoms with van der Waals surface area (Å²) in [7, 11) is 1.32. The standard InChI is InChI=1S/C16H18N2O6/c1-24-14-5-4-10(6-13(14)18(22)23)15(19)17-7-11(9-2-3-9)12(8-17)16(20)21/h4-6,9,11-12H,2-3,7-8H2,1H3,(H,20,21)/t11-,12+/m1/s1. The van der Waals surface area contributed by atoms with E-state index in [0.29, 0.717) is 12.5 Å². The van der Waals surface area contributed by atoms with Gasteiger partial charge < -0.3 is 14.7 Å². The van der Waals surface area contributed by atoms with E-state index < -0.39 is 16.8 Å². The van der Waals surface area contributed by atoms with Crippen LogP contribution >= 0.6 is 0 Å². The molecule has 1 amide bonds. The number of methoxy groups -OCH3 is 1. The second kappa shape index (κ2) is 6.10. The topological polar surface area (TPSA) is 110 Å². The maximum Gasteiger partial charge on any atom is 0.311 e. The van der Waals surface area contributed by atoms with Crippen LogP contribution in [0, 0.1) is 27.9 Å². The molecule has 1 N–H and O–H groups in total. The van der Waals surface area contributed by atoms with Crippen LogP contribution in [0.1, 0.15) is 23.2 Å². The smallest absolute Gasteiger partial charge is 0.311 e. The van der Waals surface area contributed by atoms with Crippen molar-refractivity contribution in [1.82, 2.24) is 4.90 Å². The fourth-order valence-corrected chi connectivity index (χ4v) is 3.41. The van der Waals surface area contributed by atoms with Crippen LogP contribution in [0.2, 0.25) is 0 Å². The van der Waals surface area contributed by atoms with Gasteiger partial charge in [0.1, 0.15) is 0 Å². The monoisotopic (exact) mass is 334 g/mol. The lowest BCUT2D eigenvalue weighted by Gasteiger charge is -2.16. The van der Waals surface area contributed by atoms with E-state index in [1.54, 1.807) is 0 Å². The third kappa shape index (κ3) is 2.91. The zero-order valence-corrected chi connectivity index (χ0v) is 13.2. The number of nitrogens with zero attached hydrogens (tertiary/aromatic N) is 2. The highest BCUT2D eigenvalue weighted by Gasteiger charge is 2.47. The highest BCUT2D eigenvalue weighted by atomic mass is 16.6. The largest absolute Gasteiger partial charge is 0.490 e. The molecule has 1 heterocycles. The zero-order chi connectivity index (χ0) is 17.4. The average Bonchev–Trinajstić information content (AvgIpc) is 3.31. The first kappa shape index (κ1) is 16.2. The number of ether oxygens (including phenoxy) is 1. The van der Waals surface area contributed by atoms with E-state index in [-0.39, 0.29) is 35.4 Å². The van der Waals surface area contributed by atoms with Crippen LogP contribution in [0.3, 0.4) is 0 Å². The van der Waals surface area contributed by atoms with Gasteiger partial charge >= 0.3 is 11.7 Å². The molecule has 1 aliphatic carbocycles. The van der Waals surface area contributed by atoms with Crippen molar-refractivity contribution in [2.75, 3.05) is 20.2 Å². The normalized spacial score (nSPS) is 23.1. The van der Waals surface area contributed by atoms with E-state index in [2.05, 4.69) is 0 Å². The Bertz CT molecular complexity index is 700. The number of carboxylic acid groups (broad SMARTS) is 1. The summed E-state index contributed by atoms with van der Waals surface area (Å²) in [5.74, 6) is -1.40. The summed E-state index contributed by atoms with van der Waals surface area (Å²) in [4.78, 5) is 36.1. The van der Waals surface area contributed by atoms with Crippen molar-refractivity contribution in [1.29, 1.82) is 0 Å². The molecule has 2 aliphatic rings. The summed E-state index contributed by atoms with van der Waals surface area (Å²) in [6.45, 7) is 0.537. The maximum atomic E-state index is 12.6. The highest BCUT2D eigenvalue weighted by molar-refractivity contribution is 5.95. The average molecular weight is 334 g/mol. The minimum atomic E-state index is -0.886. The minimum absolute atomic E-state index is 0.0281. The number of nitro benzene ring substituents is 1. The Morgan fingerprint density at radius 1 is 1.33 bits per heavy atom. The molecule has 0 unspecified atom stereocenters. The van der Waals surface area contributed by atoms with Gasteiger partial charge in [-0.2, -0.15) is 0 Å². The number of nitro groups is 1. The molecular weight excluding hydrogens is 316 g/mol. The lowest BCUT2D eigenvalue weighted by atomic mass is 9.92. The van der Waals surface area contributed by atoms with Crippen LogP contribution < -0.4 is 4.74 Å². The van der Waals surface area contributed by atoms with Gasteiger partial charge in [0.15, 0.2) is 5.75 Å². The Balaban J connectivity index is 1.83. The van der Waals surface area contributed by atoms with Crippen LogP contribution in [0.5, 0.6) is 5.75 Å². The van der Waals surface area contributed by atoms with Gasteiger partial charge in [-0.1, -0.05) is 0 Å². The SMILES string of the molecule is COc1ccc(C(=O)N2C[C@H](C(=O)O)[C@@H](C3CC3)C2)cc1[N+](=O)[O-]. The fraction of sp³-hybridized carbons (Fsp3) is 0.500. The highest BCUT2D eigenvalue weighted by Crippen LogP contribution is 2.44. The van der Waals surface area contributed by atoms with Crippen molar-refractivity contribution in [2.45, 2.75) is 12.8 Å². The number of rotatable bonds is 5. The van der Waals surface area contributed by atoms with Crippen LogP contribution in [-0.2, 0) is 4.79 Å². The molecule has 1 saturated heterocycles. The van der Waals surface area contributed by atoms with Crippen molar-refractivity contribution in [3.8, 4) is 5.75 Å². The Kier molecular flexibility index (Phi) is 4.13. The first-order valence-corrected chi connectivity index (χ1v) is 7.77. The summed E-state index contributed by atoms with van der Waals surface area (Å²) >= 11 is 0. The number of likely N-dealkylation sites (tertiary alicyclic amines) is 1. The molecule has 1 aliphatic heterocycles. The van der Waals surface area contributed by atoms with Crippen LogP contribution in [0.4, 0.5) is 5.69 Å². The number of hydrogen-bond donors (Lipinski definition) is 1. The number of amides is 1. The summed E-state index contributed by atoms with van der Waals surface area (Å²) in [6, 6.07) is 4.03. The lowest BCUT2D eigenvalue weighted by Crippen LogP contribution is -2.30. The van der Waals surface area contributed by atoms with Crippen LogP contribution in [0.15, 0.2) is 18.2 Å². The van der Waals surface area contributed by atoms with E-state index in [1.807, 2.05) is 0 Å². The van der Waals surface area contributed by atoms with Crippen molar-refractivity contribution in [2.24, 2.45) is 17.8 Å². The molecule has 0 bridgehead atoms. The molecule has 8 nitrogen and oxygen atoms in total. The molecule has 8 heteroatoms. The molecule has 1 saturated carbocycles. The molecular formula is C16H18N2O6. The Morgan fingerprint density at radius 2 is 2.04 bits per heavy atom. The Labute approximate surface area is 138 Å². The lowest BCUT2D eigenvalue weighted by molar-refractivity contribution is -0.385. The molecule has 0 radical (unpaired) electrons. The number of benzene rings is 1. The van der Waals surface area contributed by atoms with Gasteiger partial charge in [-0.25, -0.2) is 0 Å². The van der Waals surface area contributed by atoms with Gasteiger partial charge in [0, 0.05) is 24.7 Å². The molecule has 2 atom stereocenters. The van der Waals surface area contributed by atoms with E-state index in [4.69, 9.17) is 4.74 Å². The zero-order valence-electron chi connectivity index (χ0n) is 13.2. The Morgan fingerprint density at radius 3 is 2.58 bits per heavy atom. The van der Waals surface area contributed by atoms with Crippen molar-refractivity contribution >= 4 is 17.6 Å². The van der Waals surface area contributed by atoms with Crippen molar-refractivity contribution in [3.63, 3.8) is 0 Å². The minimum Gasteiger partial charge on any atom is -0.490 e. The summed E-state index contributed by atoms with van der Waals surface area (Å²) in [5.41, 5.74) is -0.112. The number of carbonyl (C=O) groups is 2. The van der Waals surface area contributed by atoms with Gasteiger partial charge in [0.25, 0.3) is 5.91 Å². The molecule has 2 fully saturated rings. The van der Waals surface area contributed by atoms with E-state index in [0.717, 1.165) is 12.8 Å². The van der Waals surface area contributed by atoms with Crippen LogP contribution in [-0.4, -0.2) is 47.0 Å². The van der Waals surface area contributed by atoms with Gasteiger partial charge in [0.05, 0.1) is 18.0 Å².